The lowest BCUT2D eigenvalue weighted by molar-refractivity contribution is 0.0470. The number of esters is 1. The molecule has 0 bridgehead atoms. The van der Waals surface area contributed by atoms with Crippen molar-refractivity contribution in [2.45, 2.75) is 6.61 Å². The average molecular weight is 321 g/mol. The highest BCUT2D eigenvalue weighted by atomic mass is 19.1. The van der Waals surface area contributed by atoms with Gasteiger partial charge in [-0.3, -0.25) is 0 Å². The highest BCUT2D eigenvalue weighted by Crippen LogP contribution is 2.22. The number of halogens is 1. The smallest absolute Gasteiger partial charge is 0.340 e. The zero-order chi connectivity index (χ0) is 16.8. The number of hydrogen-bond acceptors (Lipinski definition) is 3. The quantitative estimate of drug-likeness (QED) is 0.677. The standard InChI is InChI=1S/C20H16FNO2/c21-18-12-6-4-8-15(18)14-24-20(23)17-11-5-7-13-19(17)22-16-9-2-1-3-10-16/h1-13,22H,14H2. The highest BCUT2D eigenvalue weighted by molar-refractivity contribution is 5.96. The van der Waals surface area contributed by atoms with Gasteiger partial charge < -0.3 is 10.1 Å². The SMILES string of the molecule is O=C(OCc1ccccc1F)c1ccccc1Nc1ccccc1. The van der Waals surface area contributed by atoms with Crippen LogP contribution in [-0.2, 0) is 11.3 Å². The maximum atomic E-state index is 13.6. The van der Waals surface area contributed by atoms with Crippen molar-refractivity contribution >= 4 is 17.3 Å². The third kappa shape index (κ3) is 3.79. The molecule has 0 radical (unpaired) electrons. The second-order valence-electron chi connectivity index (χ2n) is 5.20. The number of ether oxygens (including phenoxy) is 1. The number of para-hydroxylation sites is 2. The molecule has 0 aliphatic rings. The third-order valence-electron chi connectivity index (χ3n) is 3.52. The summed E-state index contributed by atoms with van der Waals surface area (Å²) in [6.45, 7) is -0.106. The number of carbonyl (C=O) groups excluding carboxylic acids is 1. The fourth-order valence-electron chi connectivity index (χ4n) is 2.28. The van der Waals surface area contributed by atoms with E-state index in [4.69, 9.17) is 4.74 Å². The fraction of sp³-hybridized carbons (Fsp3) is 0.0500. The summed E-state index contributed by atoms with van der Waals surface area (Å²) >= 11 is 0. The van der Waals surface area contributed by atoms with Crippen molar-refractivity contribution < 1.29 is 13.9 Å². The summed E-state index contributed by atoms with van der Waals surface area (Å²) < 4.78 is 18.9. The minimum absolute atomic E-state index is 0.106. The minimum Gasteiger partial charge on any atom is -0.457 e. The lowest BCUT2D eigenvalue weighted by atomic mass is 10.1. The average Bonchev–Trinajstić information content (AvgIpc) is 2.62. The molecule has 0 saturated heterocycles. The summed E-state index contributed by atoms with van der Waals surface area (Å²) in [4.78, 5) is 12.4. The molecule has 0 aliphatic heterocycles. The Morgan fingerprint density at radius 1 is 0.875 bits per heavy atom. The van der Waals surface area contributed by atoms with Crippen molar-refractivity contribution in [2.24, 2.45) is 0 Å². The van der Waals surface area contributed by atoms with Crippen LogP contribution in [0, 0.1) is 5.82 Å². The molecule has 0 spiro atoms. The molecule has 3 aromatic carbocycles. The monoisotopic (exact) mass is 321 g/mol. The predicted octanol–water partition coefficient (Wildman–Crippen LogP) is 4.93. The summed E-state index contributed by atoms with van der Waals surface area (Å²) in [6, 6.07) is 22.8. The first-order valence-electron chi connectivity index (χ1n) is 7.55. The van der Waals surface area contributed by atoms with Gasteiger partial charge in [0.1, 0.15) is 12.4 Å². The van der Waals surface area contributed by atoms with Crippen LogP contribution in [0.25, 0.3) is 0 Å². The van der Waals surface area contributed by atoms with E-state index in [0.29, 0.717) is 16.8 Å². The lowest BCUT2D eigenvalue weighted by Crippen LogP contribution is -2.08. The summed E-state index contributed by atoms with van der Waals surface area (Å²) in [5, 5.41) is 3.19. The Morgan fingerprint density at radius 3 is 2.33 bits per heavy atom. The summed E-state index contributed by atoms with van der Waals surface area (Å²) in [6.07, 6.45) is 0. The van der Waals surface area contributed by atoms with Crippen molar-refractivity contribution in [3.63, 3.8) is 0 Å². The number of hydrogen-bond donors (Lipinski definition) is 1. The molecular formula is C20H16FNO2. The van der Waals surface area contributed by atoms with E-state index in [2.05, 4.69) is 5.32 Å². The van der Waals surface area contributed by atoms with Crippen LogP contribution in [0.15, 0.2) is 78.9 Å². The maximum absolute atomic E-state index is 13.6. The Labute approximate surface area is 139 Å². The molecule has 24 heavy (non-hydrogen) atoms. The van der Waals surface area contributed by atoms with Gasteiger partial charge >= 0.3 is 5.97 Å². The van der Waals surface area contributed by atoms with Crippen LogP contribution in [0.4, 0.5) is 15.8 Å². The van der Waals surface area contributed by atoms with E-state index in [1.54, 1.807) is 36.4 Å². The van der Waals surface area contributed by atoms with Crippen molar-refractivity contribution in [1.82, 2.24) is 0 Å². The van der Waals surface area contributed by atoms with Gasteiger partial charge in [-0.05, 0) is 30.3 Å². The molecule has 0 amide bonds. The van der Waals surface area contributed by atoms with Crippen LogP contribution in [0.1, 0.15) is 15.9 Å². The van der Waals surface area contributed by atoms with E-state index in [0.717, 1.165) is 5.69 Å². The Hall–Kier alpha value is -3.14. The molecule has 3 aromatic rings. The predicted molar refractivity (Wildman–Crippen MR) is 91.7 cm³/mol. The van der Waals surface area contributed by atoms with Crippen LogP contribution in [-0.4, -0.2) is 5.97 Å². The first kappa shape index (κ1) is 15.7. The molecule has 4 heteroatoms. The Balaban J connectivity index is 1.74. The first-order chi connectivity index (χ1) is 11.7. The van der Waals surface area contributed by atoms with Gasteiger partial charge in [0.2, 0.25) is 0 Å². The number of benzene rings is 3. The molecule has 0 heterocycles. The van der Waals surface area contributed by atoms with Gasteiger partial charge in [-0.25, -0.2) is 9.18 Å². The van der Waals surface area contributed by atoms with Crippen molar-refractivity contribution in [1.29, 1.82) is 0 Å². The van der Waals surface area contributed by atoms with Gasteiger partial charge in [-0.2, -0.15) is 0 Å². The topological polar surface area (TPSA) is 38.3 Å². The first-order valence-corrected chi connectivity index (χ1v) is 7.55. The maximum Gasteiger partial charge on any atom is 0.340 e. The van der Waals surface area contributed by atoms with Gasteiger partial charge in [-0.15, -0.1) is 0 Å². The zero-order valence-electron chi connectivity index (χ0n) is 12.9. The van der Waals surface area contributed by atoms with E-state index < -0.39 is 5.97 Å². The number of rotatable bonds is 5. The van der Waals surface area contributed by atoms with Gasteiger partial charge in [0.05, 0.1) is 11.3 Å². The van der Waals surface area contributed by atoms with Gasteiger partial charge in [0.25, 0.3) is 0 Å². The molecule has 3 rings (SSSR count). The normalized spacial score (nSPS) is 10.2. The number of carbonyl (C=O) groups is 1. The van der Waals surface area contributed by atoms with E-state index in [-0.39, 0.29) is 12.4 Å². The van der Waals surface area contributed by atoms with Gasteiger partial charge in [0.15, 0.2) is 0 Å². The van der Waals surface area contributed by atoms with Crippen molar-refractivity contribution in [3.8, 4) is 0 Å². The Bertz CT molecular complexity index is 834. The van der Waals surface area contributed by atoms with E-state index in [1.165, 1.54) is 6.07 Å². The van der Waals surface area contributed by atoms with E-state index in [9.17, 15) is 9.18 Å². The summed E-state index contributed by atoms with van der Waals surface area (Å²) in [5.41, 5.74) is 2.26. The van der Waals surface area contributed by atoms with Crippen LogP contribution in [0.5, 0.6) is 0 Å². The summed E-state index contributed by atoms with van der Waals surface area (Å²) in [7, 11) is 0. The minimum atomic E-state index is -0.503. The van der Waals surface area contributed by atoms with Crippen molar-refractivity contribution in [3.05, 3.63) is 95.8 Å². The highest BCUT2D eigenvalue weighted by Gasteiger charge is 2.13. The molecule has 0 fully saturated rings. The molecule has 3 nitrogen and oxygen atoms in total. The lowest BCUT2D eigenvalue weighted by Gasteiger charge is -2.12. The van der Waals surface area contributed by atoms with Gasteiger partial charge in [-0.1, -0.05) is 48.5 Å². The van der Waals surface area contributed by atoms with E-state index in [1.807, 2.05) is 36.4 Å². The number of anilines is 2. The largest absolute Gasteiger partial charge is 0.457 e. The Kier molecular flexibility index (Phi) is 4.87. The molecule has 0 unspecified atom stereocenters. The van der Waals surface area contributed by atoms with Crippen molar-refractivity contribution in [2.75, 3.05) is 5.32 Å². The van der Waals surface area contributed by atoms with Crippen LogP contribution in [0.2, 0.25) is 0 Å². The molecular weight excluding hydrogens is 305 g/mol. The Morgan fingerprint density at radius 2 is 1.54 bits per heavy atom. The van der Waals surface area contributed by atoms with Crippen LogP contribution in [0.3, 0.4) is 0 Å². The molecule has 1 N–H and O–H groups in total. The van der Waals surface area contributed by atoms with Gasteiger partial charge in [0, 0.05) is 11.3 Å². The second-order valence-corrected chi connectivity index (χ2v) is 5.20. The fourth-order valence-corrected chi connectivity index (χ4v) is 2.28. The molecule has 0 saturated carbocycles. The third-order valence-corrected chi connectivity index (χ3v) is 3.52. The molecule has 0 aromatic heterocycles. The second kappa shape index (κ2) is 7.42. The molecule has 0 atom stereocenters. The number of nitrogens with one attached hydrogen (secondary N) is 1. The van der Waals surface area contributed by atoms with Crippen LogP contribution < -0.4 is 5.32 Å². The van der Waals surface area contributed by atoms with E-state index >= 15 is 0 Å². The summed E-state index contributed by atoms with van der Waals surface area (Å²) in [5.74, 6) is -0.890. The van der Waals surface area contributed by atoms with Crippen LogP contribution >= 0.6 is 0 Å². The zero-order valence-corrected chi connectivity index (χ0v) is 12.9. The molecule has 0 aliphatic carbocycles. The molecule has 120 valence electrons.